The Hall–Kier alpha value is -1.95. The largest absolute Gasteiger partial charge is 0.497 e. The van der Waals surface area contributed by atoms with E-state index in [0.29, 0.717) is 6.42 Å². The van der Waals surface area contributed by atoms with Gasteiger partial charge >= 0.3 is 5.97 Å². The number of rotatable bonds is 8. The lowest BCUT2D eigenvalue weighted by Crippen LogP contribution is -2.08. The number of esters is 1. The summed E-state index contributed by atoms with van der Waals surface area (Å²) in [5.41, 5.74) is 0.934. The summed E-state index contributed by atoms with van der Waals surface area (Å²) in [5.74, 6) is 7.06. The lowest BCUT2D eigenvalue weighted by atomic mass is 9.97. The number of methoxy groups -OCH3 is 2. The van der Waals surface area contributed by atoms with Gasteiger partial charge in [0.2, 0.25) is 0 Å². The number of ether oxygens (including phenoxy) is 2. The highest BCUT2D eigenvalue weighted by molar-refractivity contribution is 5.70. The minimum Gasteiger partial charge on any atom is -0.497 e. The monoisotopic (exact) mass is 302 g/mol. The van der Waals surface area contributed by atoms with E-state index in [0.717, 1.165) is 24.2 Å². The molecule has 0 amide bonds. The predicted molar refractivity (Wildman–Crippen MR) is 88.8 cm³/mol. The highest BCUT2D eigenvalue weighted by atomic mass is 16.5. The molecule has 0 aromatic heterocycles. The van der Waals surface area contributed by atoms with Crippen LogP contribution in [0, 0.1) is 17.8 Å². The molecular weight excluding hydrogens is 276 g/mol. The second kappa shape index (κ2) is 10.7. The van der Waals surface area contributed by atoms with E-state index in [2.05, 4.69) is 18.8 Å². The molecule has 0 saturated heterocycles. The quantitative estimate of drug-likeness (QED) is 0.410. The van der Waals surface area contributed by atoms with Crippen molar-refractivity contribution in [3.63, 3.8) is 0 Å². The second-order valence-corrected chi connectivity index (χ2v) is 5.32. The Morgan fingerprint density at radius 1 is 1.14 bits per heavy atom. The summed E-state index contributed by atoms with van der Waals surface area (Å²) in [4.78, 5) is 11.5. The summed E-state index contributed by atoms with van der Waals surface area (Å²) in [6.07, 6.45) is 6.05. The van der Waals surface area contributed by atoms with Crippen LogP contribution >= 0.6 is 0 Å². The minimum absolute atomic E-state index is 0.0615. The van der Waals surface area contributed by atoms with Gasteiger partial charge in [0, 0.05) is 11.5 Å². The van der Waals surface area contributed by atoms with Gasteiger partial charge in [-0.2, -0.15) is 0 Å². The van der Waals surface area contributed by atoms with Gasteiger partial charge in [0.15, 0.2) is 0 Å². The van der Waals surface area contributed by atoms with Gasteiger partial charge in [-0.1, -0.05) is 44.4 Å². The Bertz CT molecular complexity index is 494. The number of carbonyl (C=O) groups excluding carboxylic acids is 1. The van der Waals surface area contributed by atoms with Crippen LogP contribution in [0.5, 0.6) is 5.75 Å². The average Bonchev–Trinajstić information content (AvgIpc) is 2.56. The van der Waals surface area contributed by atoms with Crippen LogP contribution in [0.1, 0.15) is 51.0 Å². The van der Waals surface area contributed by atoms with Crippen LogP contribution in [0.4, 0.5) is 0 Å². The Balaban J connectivity index is 2.65. The average molecular weight is 302 g/mol. The number of hydrogen-bond acceptors (Lipinski definition) is 3. The Morgan fingerprint density at radius 3 is 2.45 bits per heavy atom. The molecule has 0 bridgehead atoms. The van der Waals surface area contributed by atoms with Crippen molar-refractivity contribution in [2.24, 2.45) is 5.92 Å². The summed E-state index contributed by atoms with van der Waals surface area (Å²) in [6, 6.07) is 7.64. The molecule has 3 heteroatoms. The SMILES string of the molecule is CCCCCC[C@H](C#Cc1ccc(OC)cc1)CC(=O)OC. The van der Waals surface area contributed by atoms with Crippen molar-refractivity contribution in [1.29, 1.82) is 0 Å². The third-order valence-corrected chi connectivity index (χ3v) is 3.56. The molecule has 0 unspecified atom stereocenters. The summed E-state index contributed by atoms with van der Waals surface area (Å²) in [5, 5.41) is 0. The zero-order chi connectivity index (χ0) is 16.2. The molecule has 0 aliphatic rings. The third kappa shape index (κ3) is 7.17. The summed E-state index contributed by atoms with van der Waals surface area (Å²) >= 11 is 0. The maximum atomic E-state index is 11.5. The molecule has 3 nitrogen and oxygen atoms in total. The van der Waals surface area contributed by atoms with Crippen LogP contribution in [0.2, 0.25) is 0 Å². The van der Waals surface area contributed by atoms with Gasteiger partial charge in [-0.15, -0.1) is 0 Å². The molecule has 0 radical (unpaired) electrons. The zero-order valence-corrected chi connectivity index (χ0v) is 13.9. The second-order valence-electron chi connectivity index (χ2n) is 5.32. The molecule has 0 fully saturated rings. The van der Waals surface area contributed by atoms with Crippen LogP contribution in [0.3, 0.4) is 0 Å². The van der Waals surface area contributed by atoms with Crippen molar-refractivity contribution in [1.82, 2.24) is 0 Å². The highest BCUT2D eigenvalue weighted by Gasteiger charge is 2.11. The van der Waals surface area contributed by atoms with Crippen molar-refractivity contribution < 1.29 is 14.3 Å². The Kier molecular flexibility index (Phi) is 8.83. The summed E-state index contributed by atoms with van der Waals surface area (Å²) in [7, 11) is 3.07. The maximum Gasteiger partial charge on any atom is 0.306 e. The lowest BCUT2D eigenvalue weighted by Gasteiger charge is -2.09. The molecule has 0 heterocycles. The molecule has 1 aromatic rings. The maximum absolute atomic E-state index is 11.5. The molecule has 0 aliphatic carbocycles. The topological polar surface area (TPSA) is 35.5 Å². The number of hydrogen-bond donors (Lipinski definition) is 0. The van der Waals surface area contributed by atoms with Gasteiger partial charge in [0.25, 0.3) is 0 Å². The predicted octanol–water partition coefficient (Wildman–Crippen LogP) is 4.20. The zero-order valence-electron chi connectivity index (χ0n) is 13.9. The van der Waals surface area contributed by atoms with E-state index in [1.807, 2.05) is 24.3 Å². The van der Waals surface area contributed by atoms with Crippen LogP contribution in [0.15, 0.2) is 24.3 Å². The van der Waals surface area contributed by atoms with Gasteiger partial charge < -0.3 is 9.47 Å². The van der Waals surface area contributed by atoms with Gasteiger partial charge in [-0.3, -0.25) is 4.79 Å². The van der Waals surface area contributed by atoms with Crippen LogP contribution in [-0.2, 0) is 9.53 Å². The first-order valence-electron chi connectivity index (χ1n) is 7.92. The minimum atomic E-state index is -0.190. The molecule has 120 valence electrons. The smallest absolute Gasteiger partial charge is 0.306 e. The molecule has 22 heavy (non-hydrogen) atoms. The fourth-order valence-electron chi connectivity index (χ4n) is 2.19. The van der Waals surface area contributed by atoms with E-state index in [4.69, 9.17) is 9.47 Å². The third-order valence-electron chi connectivity index (χ3n) is 3.56. The van der Waals surface area contributed by atoms with Gasteiger partial charge in [-0.05, 0) is 30.7 Å². The van der Waals surface area contributed by atoms with Crippen molar-refractivity contribution >= 4 is 5.97 Å². The Labute approximate surface area is 134 Å². The first kappa shape index (κ1) is 18.1. The number of unbranched alkanes of at least 4 members (excludes halogenated alkanes) is 3. The first-order valence-corrected chi connectivity index (χ1v) is 7.92. The molecule has 0 N–H and O–H groups in total. The number of benzene rings is 1. The fourth-order valence-corrected chi connectivity index (χ4v) is 2.19. The van der Waals surface area contributed by atoms with Crippen LogP contribution < -0.4 is 4.74 Å². The van der Waals surface area contributed by atoms with E-state index < -0.39 is 0 Å². The van der Waals surface area contributed by atoms with E-state index in [-0.39, 0.29) is 11.9 Å². The van der Waals surface area contributed by atoms with Crippen LogP contribution in [-0.4, -0.2) is 20.2 Å². The summed E-state index contributed by atoms with van der Waals surface area (Å²) in [6.45, 7) is 2.19. The molecule has 0 aliphatic heterocycles. The van der Waals surface area contributed by atoms with Crippen molar-refractivity contribution in [3.05, 3.63) is 29.8 Å². The normalized spacial score (nSPS) is 11.2. The highest BCUT2D eigenvalue weighted by Crippen LogP contribution is 2.15. The van der Waals surface area contributed by atoms with Crippen molar-refractivity contribution in [2.45, 2.75) is 45.4 Å². The van der Waals surface area contributed by atoms with Gasteiger partial charge in [0.05, 0.1) is 20.6 Å². The lowest BCUT2D eigenvalue weighted by molar-refractivity contribution is -0.141. The molecular formula is C19H26O3. The molecule has 1 rings (SSSR count). The van der Waals surface area contributed by atoms with Gasteiger partial charge in [0.1, 0.15) is 5.75 Å². The number of carbonyl (C=O) groups is 1. The first-order chi connectivity index (χ1) is 10.7. The van der Waals surface area contributed by atoms with E-state index >= 15 is 0 Å². The molecule has 1 aromatic carbocycles. The van der Waals surface area contributed by atoms with E-state index in [1.54, 1.807) is 7.11 Å². The Morgan fingerprint density at radius 2 is 1.86 bits per heavy atom. The van der Waals surface area contributed by atoms with Crippen molar-refractivity contribution in [3.8, 4) is 17.6 Å². The molecule has 0 saturated carbocycles. The van der Waals surface area contributed by atoms with E-state index in [9.17, 15) is 4.79 Å². The summed E-state index contributed by atoms with van der Waals surface area (Å²) < 4.78 is 9.90. The van der Waals surface area contributed by atoms with Crippen molar-refractivity contribution in [2.75, 3.05) is 14.2 Å². The molecule has 1 atom stereocenters. The standard InChI is InChI=1S/C19H26O3/c1-4-5-6-7-8-17(15-19(20)22-3)10-9-16-11-13-18(21-2)14-12-16/h11-14,17H,4-8,15H2,1-3H3/t17-/m1/s1. The fraction of sp³-hybridized carbons (Fsp3) is 0.526. The van der Waals surface area contributed by atoms with E-state index in [1.165, 1.54) is 26.4 Å². The van der Waals surface area contributed by atoms with Gasteiger partial charge in [-0.25, -0.2) is 0 Å². The van der Waals surface area contributed by atoms with Crippen LogP contribution in [0.25, 0.3) is 0 Å². The molecule has 0 spiro atoms.